The number of aromatic amines is 1. The fourth-order valence-corrected chi connectivity index (χ4v) is 2.23. The van der Waals surface area contributed by atoms with Crippen molar-refractivity contribution in [2.75, 3.05) is 13.2 Å². The average Bonchev–Trinajstić information content (AvgIpc) is 2.90. The first-order chi connectivity index (χ1) is 8.83. The van der Waals surface area contributed by atoms with E-state index in [1.54, 1.807) is 6.07 Å². The molecule has 0 aliphatic carbocycles. The zero-order chi connectivity index (χ0) is 12.4. The second-order valence-electron chi connectivity index (χ2n) is 4.51. The molecule has 5 heteroatoms. The van der Waals surface area contributed by atoms with Gasteiger partial charge in [0.25, 0.3) is 5.56 Å². The Morgan fingerprint density at radius 1 is 1.44 bits per heavy atom. The van der Waals surface area contributed by atoms with Crippen molar-refractivity contribution in [1.29, 1.82) is 0 Å². The number of nitrogens with one attached hydrogen (secondary N) is 2. The lowest BCUT2D eigenvalue weighted by atomic mass is 10.2. The zero-order valence-corrected chi connectivity index (χ0v) is 9.98. The first-order valence-electron chi connectivity index (χ1n) is 6.16. The Kier molecular flexibility index (Phi) is 2.98. The second kappa shape index (κ2) is 4.78. The smallest absolute Gasteiger partial charge is 0.258 e. The number of nitrogens with zero attached hydrogens (tertiary/aromatic N) is 1. The lowest BCUT2D eigenvalue weighted by Crippen LogP contribution is -2.28. The van der Waals surface area contributed by atoms with Crippen LogP contribution in [0.5, 0.6) is 5.75 Å². The summed E-state index contributed by atoms with van der Waals surface area (Å²) in [5.74, 6) is 0.717. The van der Waals surface area contributed by atoms with Crippen LogP contribution in [0, 0.1) is 0 Å². The summed E-state index contributed by atoms with van der Waals surface area (Å²) in [5, 5.41) is 3.93. The molecular formula is C13H15N3O2. The molecule has 1 atom stereocenters. The van der Waals surface area contributed by atoms with E-state index in [-0.39, 0.29) is 5.56 Å². The highest BCUT2D eigenvalue weighted by atomic mass is 16.5. The monoisotopic (exact) mass is 245 g/mol. The van der Waals surface area contributed by atoms with Crippen LogP contribution in [0.3, 0.4) is 0 Å². The Bertz CT molecular complexity index is 602. The van der Waals surface area contributed by atoms with Crippen LogP contribution in [0.1, 0.15) is 12.8 Å². The highest BCUT2D eigenvalue weighted by Crippen LogP contribution is 2.17. The van der Waals surface area contributed by atoms with Crippen LogP contribution in [0.2, 0.25) is 0 Å². The number of benzene rings is 1. The Morgan fingerprint density at radius 2 is 2.39 bits per heavy atom. The molecule has 0 bridgehead atoms. The molecule has 1 aliphatic heterocycles. The number of H-pyrrole nitrogens is 1. The number of ether oxygens (including phenoxy) is 1. The zero-order valence-electron chi connectivity index (χ0n) is 9.98. The van der Waals surface area contributed by atoms with E-state index in [0.717, 1.165) is 18.7 Å². The van der Waals surface area contributed by atoms with Crippen molar-refractivity contribution in [2.45, 2.75) is 18.9 Å². The van der Waals surface area contributed by atoms with Crippen LogP contribution in [-0.4, -0.2) is 29.2 Å². The largest absolute Gasteiger partial charge is 0.492 e. The molecule has 3 rings (SSSR count). The molecule has 2 aromatic rings. The van der Waals surface area contributed by atoms with E-state index in [9.17, 15) is 4.79 Å². The van der Waals surface area contributed by atoms with Crippen molar-refractivity contribution in [2.24, 2.45) is 0 Å². The van der Waals surface area contributed by atoms with Gasteiger partial charge in [0.05, 0.1) is 17.2 Å². The van der Waals surface area contributed by atoms with E-state index in [2.05, 4.69) is 15.3 Å². The summed E-state index contributed by atoms with van der Waals surface area (Å²) in [6.07, 6.45) is 3.76. The number of aromatic nitrogens is 2. The number of rotatable bonds is 3. The van der Waals surface area contributed by atoms with Crippen LogP contribution in [0.25, 0.3) is 10.9 Å². The maximum absolute atomic E-state index is 11.6. The van der Waals surface area contributed by atoms with E-state index in [1.165, 1.54) is 12.7 Å². The van der Waals surface area contributed by atoms with E-state index < -0.39 is 0 Å². The van der Waals surface area contributed by atoms with E-state index in [0.29, 0.717) is 23.6 Å². The summed E-state index contributed by atoms with van der Waals surface area (Å²) in [6, 6.07) is 5.83. The maximum atomic E-state index is 11.6. The molecule has 0 saturated carbocycles. The van der Waals surface area contributed by atoms with Gasteiger partial charge < -0.3 is 15.0 Å². The van der Waals surface area contributed by atoms with Gasteiger partial charge >= 0.3 is 0 Å². The minimum Gasteiger partial charge on any atom is -0.492 e. The highest BCUT2D eigenvalue weighted by molar-refractivity contribution is 5.78. The minimum absolute atomic E-state index is 0.135. The van der Waals surface area contributed by atoms with Gasteiger partial charge in [0.2, 0.25) is 0 Å². The lowest BCUT2D eigenvalue weighted by molar-refractivity contribution is 0.277. The molecular weight excluding hydrogens is 230 g/mol. The summed E-state index contributed by atoms with van der Waals surface area (Å²) < 4.78 is 5.71. The summed E-state index contributed by atoms with van der Waals surface area (Å²) in [4.78, 5) is 18.3. The van der Waals surface area contributed by atoms with Gasteiger partial charge in [-0.3, -0.25) is 4.79 Å². The second-order valence-corrected chi connectivity index (χ2v) is 4.51. The van der Waals surface area contributed by atoms with Gasteiger partial charge in [0.1, 0.15) is 12.4 Å². The first-order valence-corrected chi connectivity index (χ1v) is 6.16. The van der Waals surface area contributed by atoms with Crippen LogP contribution in [-0.2, 0) is 0 Å². The van der Waals surface area contributed by atoms with Gasteiger partial charge in [0.15, 0.2) is 0 Å². The molecule has 2 heterocycles. The fourth-order valence-electron chi connectivity index (χ4n) is 2.23. The molecule has 94 valence electrons. The molecule has 1 aromatic heterocycles. The number of hydrogen-bond acceptors (Lipinski definition) is 4. The van der Waals surface area contributed by atoms with Gasteiger partial charge in [0, 0.05) is 6.04 Å². The molecule has 1 aliphatic rings. The molecule has 5 nitrogen and oxygen atoms in total. The molecule has 0 amide bonds. The van der Waals surface area contributed by atoms with Crippen molar-refractivity contribution >= 4 is 10.9 Å². The SMILES string of the molecule is O=c1[nH]cnc2ccc(OC[C@H]3CCCN3)cc12. The quantitative estimate of drug-likeness (QED) is 0.848. The van der Waals surface area contributed by atoms with E-state index >= 15 is 0 Å². The number of hydrogen-bond donors (Lipinski definition) is 2. The van der Waals surface area contributed by atoms with E-state index in [4.69, 9.17) is 4.74 Å². The fraction of sp³-hybridized carbons (Fsp3) is 0.385. The first kappa shape index (κ1) is 11.2. The van der Waals surface area contributed by atoms with Crippen molar-refractivity contribution in [3.8, 4) is 5.75 Å². The minimum atomic E-state index is -0.135. The van der Waals surface area contributed by atoms with Crippen LogP contribution >= 0.6 is 0 Å². The van der Waals surface area contributed by atoms with Gasteiger partial charge in [-0.15, -0.1) is 0 Å². The number of fused-ring (bicyclic) bond motifs is 1. The Balaban J connectivity index is 1.80. The van der Waals surface area contributed by atoms with Gasteiger partial charge in [-0.2, -0.15) is 0 Å². The Morgan fingerprint density at radius 3 is 3.22 bits per heavy atom. The van der Waals surface area contributed by atoms with Gasteiger partial charge in [-0.1, -0.05) is 0 Å². The normalized spacial score (nSPS) is 19.2. The summed E-state index contributed by atoms with van der Waals surface area (Å²) in [5.41, 5.74) is 0.550. The lowest BCUT2D eigenvalue weighted by Gasteiger charge is -2.12. The van der Waals surface area contributed by atoms with Crippen molar-refractivity contribution in [3.05, 3.63) is 34.9 Å². The highest BCUT2D eigenvalue weighted by Gasteiger charge is 2.14. The third-order valence-electron chi connectivity index (χ3n) is 3.23. The summed E-state index contributed by atoms with van der Waals surface area (Å²) in [6.45, 7) is 1.71. The third-order valence-corrected chi connectivity index (χ3v) is 3.23. The molecule has 0 spiro atoms. The standard InChI is InChI=1S/C13H15N3O2/c17-13-11-6-10(3-4-12(11)15-8-16-13)18-7-9-2-1-5-14-9/h3-4,6,8-9,14H,1-2,5,7H2,(H,15,16,17)/t9-/m1/s1. The summed E-state index contributed by atoms with van der Waals surface area (Å²) in [7, 11) is 0. The van der Waals surface area contributed by atoms with Gasteiger partial charge in [-0.05, 0) is 37.6 Å². The molecule has 2 N–H and O–H groups in total. The molecule has 1 aromatic carbocycles. The average molecular weight is 245 g/mol. The topological polar surface area (TPSA) is 67.0 Å². The van der Waals surface area contributed by atoms with Crippen molar-refractivity contribution in [3.63, 3.8) is 0 Å². The van der Waals surface area contributed by atoms with Crippen LogP contribution in [0.15, 0.2) is 29.3 Å². The summed E-state index contributed by atoms with van der Waals surface area (Å²) >= 11 is 0. The molecule has 1 fully saturated rings. The predicted octanol–water partition coefficient (Wildman–Crippen LogP) is 1.05. The molecule has 0 unspecified atom stereocenters. The van der Waals surface area contributed by atoms with Crippen LogP contribution in [0.4, 0.5) is 0 Å². The molecule has 18 heavy (non-hydrogen) atoms. The predicted molar refractivity (Wildman–Crippen MR) is 68.9 cm³/mol. The van der Waals surface area contributed by atoms with Gasteiger partial charge in [-0.25, -0.2) is 4.98 Å². The van der Waals surface area contributed by atoms with Crippen LogP contribution < -0.4 is 15.6 Å². The molecule has 0 radical (unpaired) electrons. The Hall–Kier alpha value is -1.88. The molecule has 1 saturated heterocycles. The van der Waals surface area contributed by atoms with Crippen molar-refractivity contribution in [1.82, 2.24) is 15.3 Å². The maximum Gasteiger partial charge on any atom is 0.258 e. The van der Waals surface area contributed by atoms with Crippen molar-refractivity contribution < 1.29 is 4.74 Å². The third kappa shape index (κ3) is 2.22. The Labute approximate surface area is 104 Å². The van der Waals surface area contributed by atoms with E-state index in [1.807, 2.05) is 12.1 Å².